The maximum absolute atomic E-state index is 6.16. The monoisotopic (exact) mass is 457 g/mol. The lowest BCUT2D eigenvalue weighted by molar-refractivity contribution is 0.313. The summed E-state index contributed by atoms with van der Waals surface area (Å²) >= 11 is 1.65. The van der Waals surface area contributed by atoms with Crippen molar-refractivity contribution < 1.29 is 0 Å². The fourth-order valence-electron chi connectivity index (χ4n) is 3.84. The van der Waals surface area contributed by atoms with E-state index in [9.17, 15) is 0 Å². The third-order valence-corrected chi connectivity index (χ3v) is 6.68. The summed E-state index contributed by atoms with van der Waals surface area (Å²) in [6, 6.07) is 20.2. The summed E-state index contributed by atoms with van der Waals surface area (Å²) < 4.78 is 0. The summed E-state index contributed by atoms with van der Waals surface area (Å²) in [5.74, 6) is 1.24. The molecular formula is C25H27N7S. The molecule has 0 atom stereocenters. The van der Waals surface area contributed by atoms with Crippen LogP contribution in [0.3, 0.4) is 0 Å². The number of benzene rings is 2. The van der Waals surface area contributed by atoms with Crippen LogP contribution in [0.15, 0.2) is 72.2 Å². The Kier molecular flexibility index (Phi) is 6.10. The van der Waals surface area contributed by atoms with Gasteiger partial charge in [-0.15, -0.1) is 11.3 Å². The Morgan fingerprint density at radius 2 is 1.70 bits per heavy atom. The molecule has 0 saturated carbocycles. The van der Waals surface area contributed by atoms with Crippen molar-refractivity contribution in [1.29, 1.82) is 0 Å². The fourth-order valence-corrected chi connectivity index (χ4v) is 4.57. The van der Waals surface area contributed by atoms with Gasteiger partial charge in [-0.05, 0) is 54.9 Å². The van der Waals surface area contributed by atoms with Crippen molar-refractivity contribution in [3.8, 4) is 10.4 Å². The quantitative estimate of drug-likeness (QED) is 0.351. The van der Waals surface area contributed by atoms with E-state index in [1.54, 1.807) is 11.3 Å². The van der Waals surface area contributed by atoms with E-state index in [0.29, 0.717) is 17.5 Å². The number of thiophene rings is 1. The molecule has 1 saturated heterocycles. The molecule has 1 aliphatic rings. The lowest BCUT2D eigenvalue weighted by atomic mass is 10.2. The molecule has 0 aliphatic carbocycles. The standard InChI is InChI=1S/C25H27N7S/c1-31-12-14-32(15-13-31)19-10-8-18(9-11-19)28-25-27-17-20(23-7-4-16-33-23)24(30-25)29-22-6-3-2-5-21(22)26/h2-11,16-17H,12-15,26H2,1H3,(H2,27,28,29,30). The summed E-state index contributed by atoms with van der Waals surface area (Å²) in [6.07, 6.45) is 1.85. The van der Waals surface area contributed by atoms with Gasteiger partial charge in [0.1, 0.15) is 5.82 Å². The number of nitrogens with two attached hydrogens (primary N) is 1. The van der Waals surface area contributed by atoms with E-state index in [-0.39, 0.29) is 0 Å². The fraction of sp³-hybridized carbons (Fsp3) is 0.200. The summed E-state index contributed by atoms with van der Waals surface area (Å²) in [5.41, 5.74) is 10.8. The maximum Gasteiger partial charge on any atom is 0.229 e. The lowest BCUT2D eigenvalue weighted by Crippen LogP contribution is -2.44. The maximum atomic E-state index is 6.16. The number of hydrogen-bond acceptors (Lipinski definition) is 8. The normalized spacial score (nSPS) is 14.3. The van der Waals surface area contributed by atoms with Gasteiger partial charge in [0.05, 0.1) is 16.9 Å². The Morgan fingerprint density at radius 1 is 0.909 bits per heavy atom. The summed E-state index contributed by atoms with van der Waals surface area (Å²) in [5, 5.41) is 8.77. The molecule has 0 radical (unpaired) electrons. The van der Waals surface area contributed by atoms with Crippen LogP contribution in [0.2, 0.25) is 0 Å². The molecule has 168 valence electrons. The minimum atomic E-state index is 0.527. The molecule has 1 fully saturated rings. The second-order valence-corrected chi connectivity index (χ2v) is 9.06. The first kappa shape index (κ1) is 21.2. The molecule has 0 spiro atoms. The SMILES string of the molecule is CN1CCN(c2ccc(Nc3ncc(-c4cccs4)c(Nc4ccccc4N)n3)cc2)CC1. The highest BCUT2D eigenvalue weighted by molar-refractivity contribution is 7.13. The van der Waals surface area contributed by atoms with Crippen molar-refractivity contribution in [3.05, 3.63) is 72.2 Å². The molecule has 5 rings (SSSR count). The number of nitrogens with zero attached hydrogens (tertiary/aromatic N) is 4. The number of nitrogen functional groups attached to an aromatic ring is 1. The highest BCUT2D eigenvalue weighted by Gasteiger charge is 2.15. The van der Waals surface area contributed by atoms with Crippen LogP contribution in [0, 0.1) is 0 Å². The van der Waals surface area contributed by atoms with E-state index in [4.69, 9.17) is 10.7 Å². The molecule has 0 bridgehead atoms. The zero-order chi connectivity index (χ0) is 22.6. The van der Waals surface area contributed by atoms with Gasteiger partial charge in [-0.25, -0.2) is 4.98 Å². The van der Waals surface area contributed by atoms with Crippen molar-refractivity contribution >= 4 is 45.9 Å². The van der Waals surface area contributed by atoms with Crippen molar-refractivity contribution in [2.24, 2.45) is 0 Å². The second-order valence-electron chi connectivity index (χ2n) is 8.11. The molecule has 0 unspecified atom stereocenters. The first-order valence-electron chi connectivity index (χ1n) is 11.0. The lowest BCUT2D eigenvalue weighted by Gasteiger charge is -2.34. The van der Waals surface area contributed by atoms with Gasteiger partial charge in [0, 0.05) is 48.6 Å². The number of aromatic nitrogens is 2. The van der Waals surface area contributed by atoms with Crippen LogP contribution in [0.4, 0.5) is 34.5 Å². The molecule has 1 aliphatic heterocycles. The number of anilines is 6. The molecular weight excluding hydrogens is 430 g/mol. The average molecular weight is 458 g/mol. The molecule has 0 amide bonds. The smallest absolute Gasteiger partial charge is 0.229 e. The van der Waals surface area contributed by atoms with E-state index in [1.165, 1.54) is 5.69 Å². The van der Waals surface area contributed by atoms with E-state index in [2.05, 4.69) is 62.8 Å². The van der Waals surface area contributed by atoms with Crippen molar-refractivity contribution in [2.75, 3.05) is 54.5 Å². The van der Waals surface area contributed by atoms with Crippen molar-refractivity contribution in [3.63, 3.8) is 0 Å². The molecule has 2 aromatic carbocycles. The molecule has 3 heterocycles. The van der Waals surface area contributed by atoms with Crippen molar-refractivity contribution in [1.82, 2.24) is 14.9 Å². The van der Waals surface area contributed by atoms with Gasteiger partial charge in [-0.2, -0.15) is 4.98 Å². The highest BCUT2D eigenvalue weighted by atomic mass is 32.1. The van der Waals surface area contributed by atoms with Gasteiger partial charge < -0.3 is 26.2 Å². The van der Waals surface area contributed by atoms with Gasteiger partial charge in [-0.3, -0.25) is 0 Å². The highest BCUT2D eigenvalue weighted by Crippen LogP contribution is 2.34. The number of piperazine rings is 1. The minimum Gasteiger partial charge on any atom is -0.397 e. The van der Waals surface area contributed by atoms with Crippen molar-refractivity contribution in [2.45, 2.75) is 0 Å². The zero-order valence-corrected chi connectivity index (χ0v) is 19.3. The van der Waals surface area contributed by atoms with Gasteiger partial charge in [-0.1, -0.05) is 18.2 Å². The summed E-state index contributed by atoms with van der Waals surface area (Å²) in [6.45, 7) is 4.28. The van der Waals surface area contributed by atoms with Crippen LogP contribution >= 0.6 is 11.3 Å². The van der Waals surface area contributed by atoms with Crippen LogP contribution in [0.5, 0.6) is 0 Å². The predicted octanol–water partition coefficient (Wildman–Crippen LogP) is 5.03. The van der Waals surface area contributed by atoms with Crippen LogP contribution in [0.25, 0.3) is 10.4 Å². The van der Waals surface area contributed by atoms with Gasteiger partial charge in [0.2, 0.25) is 5.95 Å². The Bertz CT molecular complexity index is 1200. The predicted molar refractivity (Wildman–Crippen MR) is 139 cm³/mol. The molecule has 4 N–H and O–H groups in total. The molecule has 4 aromatic rings. The van der Waals surface area contributed by atoms with Gasteiger partial charge in [0.15, 0.2) is 0 Å². The van der Waals surface area contributed by atoms with E-state index >= 15 is 0 Å². The first-order valence-corrected chi connectivity index (χ1v) is 11.9. The Hall–Kier alpha value is -3.62. The first-order chi connectivity index (χ1) is 16.2. The Labute approximate surface area is 197 Å². The third kappa shape index (κ3) is 4.92. The topological polar surface area (TPSA) is 82.3 Å². The van der Waals surface area contributed by atoms with Crippen LogP contribution in [0.1, 0.15) is 0 Å². The number of hydrogen-bond donors (Lipinski definition) is 3. The second kappa shape index (κ2) is 9.48. The van der Waals surface area contributed by atoms with Crippen LogP contribution in [-0.4, -0.2) is 48.1 Å². The van der Waals surface area contributed by atoms with E-state index in [1.807, 2.05) is 41.9 Å². The van der Waals surface area contributed by atoms with E-state index in [0.717, 1.165) is 48.0 Å². The Balaban J connectivity index is 1.38. The molecule has 7 nitrogen and oxygen atoms in total. The Morgan fingerprint density at radius 3 is 2.42 bits per heavy atom. The summed E-state index contributed by atoms with van der Waals surface area (Å²) in [4.78, 5) is 15.2. The largest absolute Gasteiger partial charge is 0.397 e. The average Bonchev–Trinajstić information content (AvgIpc) is 3.37. The van der Waals surface area contributed by atoms with Crippen LogP contribution < -0.4 is 21.3 Å². The van der Waals surface area contributed by atoms with Crippen LogP contribution in [-0.2, 0) is 0 Å². The minimum absolute atomic E-state index is 0.527. The van der Waals surface area contributed by atoms with E-state index < -0.39 is 0 Å². The number of para-hydroxylation sites is 2. The zero-order valence-electron chi connectivity index (χ0n) is 18.5. The summed E-state index contributed by atoms with van der Waals surface area (Å²) in [7, 11) is 2.17. The van der Waals surface area contributed by atoms with Gasteiger partial charge >= 0.3 is 0 Å². The number of likely N-dealkylation sites (N-methyl/N-ethyl adjacent to an activating group) is 1. The van der Waals surface area contributed by atoms with Gasteiger partial charge in [0.25, 0.3) is 0 Å². The number of rotatable bonds is 6. The third-order valence-electron chi connectivity index (χ3n) is 5.78. The molecule has 33 heavy (non-hydrogen) atoms. The molecule has 8 heteroatoms. The number of nitrogens with one attached hydrogen (secondary N) is 2. The molecule has 2 aromatic heterocycles.